The number of hydrogen-bond acceptors (Lipinski definition) is 0. The lowest BCUT2D eigenvalue weighted by molar-refractivity contribution is -0.127. The lowest BCUT2D eigenvalue weighted by Gasteiger charge is -2.06. The van der Waals surface area contributed by atoms with Crippen molar-refractivity contribution >= 4 is 6.21 Å². The van der Waals surface area contributed by atoms with Crippen molar-refractivity contribution in [1.82, 2.24) is 0 Å². The maximum Gasteiger partial charge on any atom is 0.393 e. The topological polar surface area (TPSA) is 36.4 Å². The zero-order valence-corrected chi connectivity index (χ0v) is 7.12. The molecule has 0 unspecified atom stereocenters. The van der Waals surface area contributed by atoms with E-state index in [1.807, 2.05) is 0 Å². The van der Waals surface area contributed by atoms with Gasteiger partial charge in [-0.1, -0.05) is 18.2 Å². The molecule has 74 valence electrons. The predicted molar refractivity (Wildman–Crippen MR) is 45.0 cm³/mol. The Morgan fingerprint density at radius 2 is 1.93 bits per heavy atom. The van der Waals surface area contributed by atoms with Crippen LogP contribution < -0.4 is 0 Å². The van der Waals surface area contributed by atoms with Gasteiger partial charge in [0.05, 0.1) is 12.0 Å². The Bertz CT molecular complexity index is 365. The summed E-state index contributed by atoms with van der Waals surface area (Å²) >= 11 is 0. The van der Waals surface area contributed by atoms with Crippen LogP contribution in [0.2, 0.25) is 0 Å². The molecule has 0 saturated heterocycles. The molecule has 14 heavy (non-hydrogen) atoms. The van der Waals surface area contributed by atoms with Crippen molar-refractivity contribution in [1.29, 1.82) is 0 Å². The molecule has 0 spiro atoms. The van der Waals surface area contributed by atoms with E-state index in [0.29, 0.717) is 0 Å². The zero-order valence-electron chi connectivity index (χ0n) is 7.12. The van der Waals surface area contributed by atoms with E-state index in [1.54, 1.807) is 6.07 Å². The molecule has 1 aromatic carbocycles. The second kappa shape index (κ2) is 4.07. The molecule has 1 rings (SSSR count). The van der Waals surface area contributed by atoms with Crippen molar-refractivity contribution in [2.75, 3.05) is 0 Å². The quantitative estimate of drug-likeness (QED) is 0.399. The Balaban J connectivity index is 3.01. The fraction of sp³-hybridized carbons (Fsp3) is 0.222. The van der Waals surface area contributed by atoms with E-state index >= 15 is 0 Å². The van der Waals surface area contributed by atoms with Gasteiger partial charge in [-0.15, -0.1) is 0 Å². The molecule has 0 fully saturated rings. The van der Waals surface area contributed by atoms with Gasteiger partial charge >= 0.3 is 6.18 Å². The lowest BCUT2D eigenvalue weighted by atomic mass is 10.1. The van der Waals surface area contributed by atoms with E-state index in [4.69, 9.17) is 5.53 Å². The van der Waals surface area contributed by atoms with Crippen molar-refractivity contribution in [3.05, 3.63) is 40.9 Å². The Morgan fingerprint density at radius 1 is 1.29 bits per heavy atom. The van der Waals surface area contributed by atoms with E-state index in [-0.39, 0.29) is 11.1 Å². The van der Waals surface area contributed by atoms with Crippen molar-refractivity contribution in [3.63, 3.8) is 0 Å². The third-order valence-corrected chi connectivity index (χ3v) is 1.64. The number of rotatable bonds is 2. The number of halogens is 3. The van der Waals surface area contributed by atoms with E-state index in [0.717, 1.165) is 6.21 Å². The Labute approximate surface area is 78.6 Å². The number of alkyl halides is 3. The van der Waals surface area contributed by atoms with Gasteiger partial charge in [-0.2, -0.15) is 18.0 Å². The predicted octanol–water partition coefficient (Wildman–Crippen LogP) is 2.44. The first-order chi connectivity index (χ1) is 6.53. The molecule has 0 aliphatic rings. The number of nitrogens with zero attached hydrogens (tertiary/aromatic N) is 2. The van der Waals surface area contributed by atoms with Crippen molar-refractivity contribution in [2.24, 2.45) is 0 Å². The van der Waals surface area contributed by atoms with Crippen LogP contribution in [0.1, 0.15) is 11.1 Å². The summed E-state index contributed by atoms with van der Waals surface area (Å²) in [6.07, 6.45) is -4.28. The molecule has 0 bridgehead atoms. The highest BCUT2D eigenvalue weighted by Gasteiger charge is 2.28. The second-order valence-electron chi connectivity index (χ2n) is 2.74. The van der Waals surface area contributed by atoms with Crippen molar-refractivity contribution in [2.45, 2.75) is 12.6 Å². The molecule has 2 nitrogen and oxygen atoms in total. The molecule has 0 amide bonds. The highest BCUT2D eigenvalue weighted by atomic mass is 19.4. The first kappa shape index (κ1) is 10.5. The highest BCUT2D eigenvalue weighted by molar-refractivity contribution is 5.77. The summed E-state index contributed by atoms with van der Waals surface area (Å²) < 4.78 is 36.2. The van der Waals surface area contributed by atoms with Crippen LogP contribution >= 0.6 is 0 Å². The average molecular weight is 200 g/mol. The first-order valence-electron chi connectivity index (χ1n) is 3.85. The smallest absolute Gasteiger partial charge is 0.361 e. The van der Waals surface area contributed by atoms with Gasteiger partial charge in [-0.3, -0.25) is 0 Å². The van der Waals surface area contributed by atoms with E-state index < -0.39 is 12.6 Å². The molecule has 0 saturated carbocycles. The summed E-state index contributed by atoms with van der Waals surface area (Å²) in [5, 5.41) is 0. The van der Waals surface area contributed by atoms with Crippen LogP contribution in [0.4, 0.5) is 13.2 Å². The van der Waals surface area contributed by atoms with Crippen LogP contribution in [0, 0.1) is 0 Å². The normalized spacial score (nSPS) is 10.8. The SMILES string of the molecule is [N-]=[N+]=Cc1ccccc1CC(F)(F)F. The van der Waals surface area contributed by atoms with Gasteiger partial charge < -0.3 is 5.53 Å². The standard InChI is InChI=1S/C9H7F3N2/c10-9(11,12)5-7-3-1-2-4-8(7)6-14-13/h1-4,6H,5H2. The fourth-order valence-electron chi connectivity index (χ4n) is 1.10. The van der Waals surface area contributed by atoms with Crippen LogP contribution in [0.3, 0.4) is 0 Å². The van der Waals surface area contributed by atoms with Crippen LogP contribution in [0.5, 0.6) is 0 Å². The van der Waals surface area contributed by atoms with Crippen LogP contribution in [0.15, 0.2) is 24.3 Å². The summed E-state index contributed by atoms with van der Waals surface area (Å²) in [7, 11) is 0. The van der Waals surface area contributed by atoms with Gasteiger partial charge in [0.15, 0.2) is 0 Å². The Morgan fingerprint density at radius 3 is 2.50 bits per heavy atom. The minimum Gasteiger partial charge on any atom is -0.361 e. The van der Waals surface area contributed by atoms with Gasteiger partial charge in [-0.05, 0) is 11.6 Å². The van der Waals surface area contributed by atoms with Crippen LogP contribution in [0.25, 0.3) is 5.53 Å². The monoisotopic (exact) mass is 200 g/mol. The van der Waals surface area contributed by atoms with Gasteiger partial charge in [0, 0.05) is 0 Å². The molecule has 0 atom stereocenters. The van der Waals surface area contributed by atoms with E-state index in [2.05, 4.69) is 4.79 Å². The largest absolute Gasteiger partial charge is 0.393 e. The van der Waals surface area contributed by atoms with Gasteiger partial charge in [0.25, 0.3) is 6.21 Å². The minimum absolute atomic E-state index is 0.0952. The number of benzene rings is 1. The summed E-state index contributed by atoms with van der Waals surface area (Å²) in [6.45, 7) is 0. The van der Waals surface area contributed by atoms with E-state index in [1.165, 1.54) is 18.2 Å². The molecule has 0 radical (unpaired) electrons. The number of hydrogen-bond donors (Lipinski definition) is 0. The minimum atomic E-state index is -4.25. The molecule has 0 aliphatic heterocycles. The molecular weight excluding hydrogens is 193 g/mol. The second-order valence-corrected chi connectivity index (χ2v) is 2.74. The summed E-state index contributed by atoms with van der Waals surface area (Å²) in [6, 6.07) is 5.90. The highest BCUT2D eigenvalue weighted by Crippen LogP contribution is 2.22. The van der Waals surface area contributed by atoms with E-state index in [9.17, 15) is 13.2 Å². The molecule has 1 aromatic rings. The van der Waals surface area contributed by atoms with Crippen LogP contribution in [-0.4, -0.2) is 17.2 Å². The van der Waals surface area contributed by atoms with Gasteiger partial charge in [0.2, 0.25) is 0 Å². The van der Waals surface area contributed by atoms with Crippen molar-refractivity contribution in [3.8, 4) is 0 Å². The first-order valence-corrected chi connectivity index (χ1v) is 3.85. The third kappa shape index (κ3) is 3.03. The molecule has 0 N–H and O–H groups in total. The molecule has 5 heteroatoms. The lowest BCUT2D eigenvalue weighted by Crippen LogP contribution is -2.13. The van der Waals surface area contributed by atoms with Crippen molar-refractivity contribution < 1.29 is 18.0 Å². The summed E-state index contributed by atoms with van der Waals surface area (Å²) in [4.78, 5) is 2.70. The van der Waals surface area contributed by atoms with Gasteiger partial charge in [0.1, 0.15) is 0 Å². The molecule has 0 heterocycles. The summed E-state index contributed by atoms with van der Waals surface area (Å²) in [5.41, 5.74) is 8.60. The third-order valence-electron chi connectivity index (χ3n) is 1.64. The molecule has 0 aromatic heterocycles. The van der Waals surface area contributed by atoms with Crippen LogP contribution in [-0.2, 0) is 6.42 Å². The fourth-order valence-corrected chi connectivity index (χ4v) is 1.10. The maximum absolute atomic E-state index is 12.1. The Hall–Kier alpha value is -1.61. The molecular formula is C9H7F3N2. The zero-order chi connectivity index (χ0) is 10.6. The molecule has 0 aliphatic carbocycles. The maximum atomic E-state index is 12.1. The Kier molecular flexibility index (Phi) is 3.04. The average Bonchev–Trinajstić information content (AvgIpc) is 2.06. The van der Waals surface area contributed by atoms with Gasteiger partial charge in [-0.25, -0.2) is 0 Å². The summed E-state index contributed by atoms with van der Waals surface area (Å²) in [5.74, 6) is 0.